The van der Waals surface area contributed by atoms with Gasteiger partial charge in [-0.25, -0.2) is 9.97 Å². The second kappa shape index (κ2) is 5.82. The molecular formula is C16H17BrN4. The normalized spacial score (nSPS) is 11.0. The van der Waals surface area contributed by atoms with Crippen molar-refractivity contribution in [2.75, 3.05) is 11.9 Å². The molecule has 2 rings (SSSR count). The summed E-state index contributed by atoms with van der Waals surface area (Å²) < 4.78 is 0.762. The molecule has 0 aliphatic carbocycles. The second-order valence-electron chi connectivity index (χ2n) is 5.84. The van der Waals surface area contributed by atoms with Gasteiger partial charge in [0.15, 0.2) is 0 Å². The van der Waals surface area contributed by atoms with Crippen LogP contribution in [0.25, 0.3) is 0 Å². The maximum Gasteiger partial charge on any atom is 0.137 e. The molecule has 21 heavy (non-hydrogen) atoms. The lowest BCUT2D eigenvalue weighted by molar-refractivity contribution is 0.543. The average molecular weight is 345 g/mol. The molecule has 0 saturated heterocycles. The molecule has 0 amide bonds. The number of nitriles is 1. The zero-order valence-corrected chi connectivity index (χ0v) is 14.1. The van der Waals surface area contributed by atoms with E-state index in [2.05, 4.69) is 52.7 Å². The molecule has 0 unspecified atom stereocenters. The molecule has 1 aromatic carbocycles. The van der Waals surface area contributed by atoms with Crippen LogP contribution in [0.2, 0.25) is 0 Å². The molecule has 108 valence electrons. The van der Waals surface area contributed by atoms with E-state index in [9.17, 15) is 0 Å². The highest BCUT2D eigenvalue weighted by molar-refractivity contribution is 9.10. The lowest BCUT2D eigenvalue weighted by atomic mass is 9.96. The van der Waals surface area contributed by atoms with E-state index in [-0.39, 0.29) is 5.41 Å². The lowest BCUT2D eigenvalue weighted by Crippen LogP contribution is -2.19. The lowest BCUT2D eigenvalue weighted by Gasteiger charge is -2.22. The predicted octanol–water partition coefficient (Wildman–Crippen LogP) is 4.18. The van der Waals surface area contributed by atoms with Gasteiger partial charge in [0.25, 0.3) is 0 Å². The van der Waals surface area contributed by atoms with E-state index < -0.39 is 0 Å². The molecule has 0 spiro atoms. The Morgan fingerprint density at radius 3 is 2.29 bits per heavy atom. The highest BCUT2D eigenvalue weighted by Crippen LogP contribution is 2.27. The standard InChI is InChI=1S/C16H17BrN4/c1-16(2,3)15-19-13(17)9-14(20-15)21(4)12-7-5-11(10-18)6-8-12/h5-9H,1-4H3. The summed E-state index contributed by atoms with van der Waals surface area (Å²) >= 11 is 3.45. The SMILES string of the molecule is CN(c1ccc(C#N)cc1)c1cc(Br)nc(C(C)(C)C)n1. The van der Waals surface area contributed by atoms with Gasteiger partial charge in [-0.05, 0) is 40.2 Å². The minimum absolute atomic E-state index is 0.121. The van der Waals surface area contributed by atoms with Crippen LogP contribution in [0.15, 0.2) is 34.9 Å². The van der Waals surface area contributed by atoms with Crippen molar-refractivity contribution in [3.8, 4) is 6.07 Å². The van der Waals surface area contributed by atoms with Crippen molar-refractivity contribution in [2.24, 2.45) is 0 Å². The van der Waals surface area contributed by atoms with Crippen molar-refractivity contribution in [2.45, 2.75) is 26.2 Å². The minimum atomic E-state index is -0.121. The average Bonchev–Trinajstić information content (AvgIpc) is 2.45. The molecule has 1 aromatic heterocycles. The van der Waals surface area contributed by atoms with Crippen LogP contribution >= 0.6 is 15.9 Å². The van der Waals surface area contributed by atoms with Gasteiger partial charge in [0, 0.05) is 24.2 Å². The van der Waals surface area contributed by atoms with Crippen molar-refractivity contribution in [3.05, 3.63) is 46.3 Å². The van der Waals surface area contributed by atoms with Crippen LogP contribution in [0.4, 0.5) is 11.5 Å². The minimum Gasteiger partial charge on any atom is -0.329 e. The molecule has 1 heterocycles. The first-order chi connectivity index (χ1) is 9.81. The van der Waals surface area contributed by atoms with Gasteiger partial charge in [0.05, 0.1) is 11.6 Å². The fourth-order valence-corrected chi connectivity index (χ4v) is 2.18. The number of aromatic nitrogens is 2. The van der Waals surface area contributed by atoms with Crippen molar-refractivity contribution >= 4 is 27.4 Å². The van der Waals surface area contributed by atoms with Crippen LogP contribution in [0.1, 0.15) is 32.2 Å². The molecule has 4 nitrogen and oxygen atoms in total. The number of hydrogen-bond donors (Lipinski definition) is 0. The summed E-state index contributed by atoms with van der Waals surface area (Å²) in [5.41, 5.74) is 1.50. The molecule has 0 aliphatic rings. The monoisotopic (exact) mass is 344 g/mol. The third-order valence-electron chi connectivity index (χ3n) is 3.08. The number of nitrogens with zero attached hydrogens (tertiary/aromatic N) is 4. The molecule has 0 radical (unpaired) electrons. The van der Waals surface area contributed by atoms with Crippen LogP contribution in [-0.2, 0) is 5.41 Å². The zero-order valence-electron chi connectivity index (χ0n) is 12.6. The van der Waals surface area contributed by atoms with E-state index in [0.717, 1.165) is 21.9 Å². The Morgan fingerprint density at radius 2 is 1.76 bits per heavy atom. The first kappa shape index (κ1) is 15.5. The first-order valence-electron chi connectivity index (χ1n) is 6.60. The van der Waals surface area contributed by atoms with E-state index in [1.807, 2.05) is 30.1 Å². The first-order valence-corrected chi connectivity index (χ1v) is 7.39. The smallest absolute Gasteiger partial charge is 0.137 e. The predicted molar refractivity (Wildman–Crippen MR) is 87.7 cm³/mol. The van der Waals surface area contributed by atoms with Crippen LogP contribution in [-0.4, -0.2) is 17.0 Å². The van der Waals surface area contributed by atoms with Crippen LogP contribution in [0.5, 0.6) is 0 Å². The molecule has 0 atom stereocenters. The maximum absolute atomic E-state index is 8.86. The van der Waals surface area contributed by atoms with Gasteiger partial charge in [-0.15, -0.1) is 0 Å². The van der Waals surface area contributed by atoms with Crippen molar-refractivity contribution < 1.29 is 0 Å². The summed E-state index contributed by atoms with van der Waals surface area (Å²) in [6.07, 6.45) is 0. The molecule has 5 heteroatoms. The molecule has 0 N–H and O–H groups in total. The van der Waals surface area contributed by atoms with E-state index in [4.69, 9.17) is 5.26 Å². The Kier molecular flexibility index (Phi) is 4.29. The molecule has 0 fully saturated rings. The van der Waals surface area contributed by atoms with Crippen LogP contribution < -0.4 is 4.90 Å². The maximum atomic E-state index is 8.86. The number of hydrogen-bond acceptors (Lipinski definition) is 4. The largest absolute Gasteiger partial charge is 0.329 e. The van der Waals surface area contributed by atoms with Crippen molar-refractivity contribution in [1.82, 2.24) is 9.97 Å². The summed E-state index contributed by atoms with van der Waals surface area (Å²) in [4.78, 5) is 11.1. The third kappa shape index (κ3) is 3.59. The van der Waals surface area contributed by atoms with E-state index in [1.54, 1.807) is 12.1 Å². The summed E-state index contributed by atoms with van der Waals surface area (Å²) in [6.45, 7) is 6.25. The number of anilines is 2. The Bertz CT molecular complexity index is 681. The Hall–Kier alpha value is -1.93. The topological polar surface area (TPSA) is 52.8 Å². The fraction of sp³-hybridized carbons (Fsp3) is 0.312. The zero-order chi connectivity index (χ0) is 15.6. The number of rotatable bonds is 2. The van der Waals surface area contributed by atoms with Gasteiger partial charge < -0.3 is 4.90 Å². The van der Waals surface area contributed by atoms with Crippen LogP contribution in [0, 0.1) is 11.3 Å². The van der Waals surface area contributed by atoms with Crippen molar-refractivity contribution in [1.29, 1.82) is 5.26 Å². The highest BCUT2D eigenvalue weighted by Gasteiger charge is 2.20. The Balaban J connectivity index is 2.40. The van der Waals surface area contributed by atoms with Gasteiger partial charge in [-0.1, -0.05) is 20.8 Å². The summed E-state index contributed by atoms with van der Waals surface area (Å²) in [6, 6.07) is 11.4. The summed E-state index contributed by atoms with van der Waals surface area (Å²) in [7, 11) is 1.95. The van der Waals surface area contributed by atoms with E-state index in [1.165, 1.54) is 0 Å². The Labute approximate surface area is 133 Å². The second-order valence-corrected chi connectivity index (χ2v) is 6.65. The third-order valence-corrected chi connectivity index (χ3v) is 3.49. The van der Waals surface area contributed by atoms with Crippen molar-refractivity contribution in [3.63, 3.8) is 0 Å². The molecule has 0 aliphatic heterocycles. The molecule has 2 aromatic rings. The van der Waals surface area contributed by atoms with Gasteiger partial charge >= 0.3 is 0 Å². The number of halogens is 1. The molecular weight excluding hydrogens is 328 g/mol. The highest BCUT2D eigenvalue weighted by atomic mass is 79.9. The Morgan fingerprint density at radius 1 is 1.14 bits per heavy atom. The molecule has 0 bridgehead atoms. The van der Waals surface area contributed by atoms with Gasteiger partial charge in [-0.3, -0.25) is 0 Å². The van der Waals surface area contributed by atoms with Gasteiger partial charge in [0.1, 0.15) is 16.2 Å². The van der Waals surface area contributed by atoms with Gasteiger partial charge in [-0.2, -0.15) is 5.26 Å². The van der Waals surface area contributed by atoms with Crippen LogP contribution in [0.3, 0.4) is 0 Å². The summed E-state index contributed by atoms with van der Waals surface area (Å²) in [5, 5.41) is 8.86. The number of benzene rings is 1. The quantitative estimate of drug-likeness (QED) is 0.767. The fourth-order valence-electron chi connectivity index (χ4n) is 1.80. The van der Waals surface area contributed by atoms with E-state index >= 15 is 0 Å². The van der Waals surface area contributed by atoms with Gasteiger partial charge in [0.2, 0.25) is 0 Å². The molecule has 0 saturated carbocycles. The van der Waals surface area contributed by atoms with E-state index in [0.29, 0.717) is 5.56 Å². The summed E-state index contributed by atoms with van der Waals surface area (Å²) in [5.74, 6) is 1.60.